The maximum absolute atomic E-state index is 13.0. The second kappa shape index (κ2) is 5.26. The lowest BCUT2D eigenvalue weighted by atomic mass is 10.1. The second-order valence-corrected chi connectivity index (χ2v) is 5.61. The molecule has 1 aromatic carbocycles. The molecular formula is C11H4Cl3FIN. The van der Waals surface area contributed by atoms with Crippen LogP contribution in [0.3, 0.4) is 0 Å². The van der Waals surface area contributed by atoms with E-state index in [9.17, 15) is 4.39 Å². The van der Waals surface area contributed by atoms with Gasteiger partial charge in [-0.2, -0.15) is 4.39 Å². The maximum Gasteiger partial charge on any atom is 0.226 e. The van der Waals surface area contributed by atoms with E-state index in [4.69, 9.17) is 34.8 Å². The fraction of sp³-hybridized carbons (Fsp3) is 0. The Morgan fingerprint density at radius 1 is 1.00 bits per heavy atom. The summed E-state index contributed by atoms with van der Waals surface area (Å²) in [5, 5.41) is 1.02. The molecule has 88 valence electrons. The van der Waals surface area contributed by atoms with Crippen LogP contribution in [0.4, 0.5) is 4.39 Å². The van der Waals surface area contributed by atoms with E-state index in [2.05, 4.69) is 4.98 Å². The minimum absolute atomic E-state index is 0.307. The van der Waals surface area contributed by atoms with Crippen LogP contribution in [0.5, 0.6) is 0 Å². The summed E-state index contributed by atoms with van der Waals surface area (Å²) in [6.07, 6.45) is 1.42. The molecule has 0 N–H and O–H groups in total. The molecule has 2 rings (SSSR count). The van der Waals surface area contributed by atoms with E-state index in [1.807, 2.05) is 22.6 Å². The lowest BCUT2D eigenvalue weighted by molar-refractivity contribution is 0.576. The fourth-order valence-corrected chi connectivity index (χ4v) is 2.37. The van der Waals surface area contributed by atoms with Crippen LogP contribution >= 0.6 is 57.4 Å². The van der Waals surface area contributed by atoms with Crippen LogP contribution in [0.15, 0.2) is 24.4 Å². The summed E-state index contributed by atoms with van der Waals surface area (Å²) in [7, 11) is 0. The lowest BCUT2D eigenvalue weighted by Crippen LogP contribution is -1.89. The number of hydrogen-bond donors (Lipinski definition) is 0. The van der Waals surface area contributed by atoms with Gasteiger partial charge in [-0.1, -0.05) is 34.8 Å². The van der Waals surface area contributed by atoms with Crippen molar-refractivity contribution in [1.82, 2.24) is 4.98 Å². The predicted octanol–water partition coefficient (Wildman–Crippen LogP) is 5.45. The Bertz CT molecular complexity index is 566. The minimum atomic E-state index is -0.500. The summed E-state index contributed by atoms with van der Waals surface area (Å²) in [5.74, 6) is -0.500. The third kappa shape index (κ3) is 2.84. The molecule has 0 atom stereocenters. The van der Waals surface area contributed by atoms with Gasteiger partial charge in [0.05, 0.1) is 18.6 Å². The number of nitrogens with zero attached hydrogens (tertiary/aromatic N) is 1. The lowest BCUT2D eigenvalue weighted by Gasteiger charge is -2.06. The molecule has 0 bridgehead atoms. The average Bonchev–Trinajstić information content (AvgIpc) is 2.29. The molecule has 0 aliphatic carbocycles. The van der Waals surface area contributed by atoms with Crippen molar-refractivity contribution in [2.45, 2.75) is 0 Å². The highest BCUT2D eigenvalue weighted by atomic mass is 127. The van der Waals surface area contributed by atoms with Crippen molar-refractivity contribution in [1.29, 1.82) is 0 Å². The molecule has 0 fully saturated rings. The summed E-state index contributed by atoms with van der Waals surface area (Å²) in [5.41, 5.74) is 1.48. The molecule has 0 saturated carbocycles. The summed E-state index contributed by atoms with van der Waals surface area (Å²) in [6.45, 7) is 0. The van der Waals surface area contributed by atoms with E-state index in [0.717, 1.165) is 11.1 Å². The van der Waals surface area contributed by atoms with Crippen molar-refractivity contribution in [2.75, 3.05) is 0 Å². The Labute approximate surface area is 126 Å². The van der Waals surface area contributed by atoms with Crippen molar-refractivity contribution in [3.05, 3.63) is 49.0 Å². The van der Waals surface area contributed by atoms with Crippen molar-refractivity contribution in [2.24, 2.45) is 0 Å². The SMILES string of the molecule is Fc1ncc(-c2cc(Cl)c(Cl)c(Cl)c2)cc1I. The fourth-order valence-electron chi connectivity index (χ4n) is 1.30. The number of hydrogen-bond acceptors (Lipinski definition) is 1. The Kier molecular flexibility index (Phi) is 4.13. The summed E-state index contributed by atoms with van der Waals surface area (Å²) < 4.78 is 13.5. The van der Waals surface area contributed by atoms with Gasteiger partial charge in [-0.05, 0) is 46.4 Å². The minimum Gasteiger partial charge on any atom is -0.227 e. The average molecular weight is 402 g/mol. The van der Waals surface area contributed by atoms with E-state index in [1.54, 1.807) is 18.2 Å². The quantitative estimate of drug-likeness (QED) is 0.351. The highest BCUT2D eigenvalue weighted by Gasteiger charge is 2.09. The Balaban J connectivity index is 2.57. The van der Waals surface area contributed by atoms with Crippen LogP contribution in [-0.2, 0) is 0 Å². The van der Waals surface area contributed by atoms with Gasteiger partial charge in [-0.25, -0.2) is 4.98 Å². The number of pyridine rings is 1. The molecule has 1 nitrogen and oxygen atoms in total. The molecular weight excluding hydrogens is 398 g/mol. The monoisotopic (exact) mass is 401 g/mol. The third-order valence-corrected chi connectivity index (χ3v) is 4.07. The standard InChI is InChI=1S/C11H4Cl3FIN/c12-7-1-5(2-8(13)10(7)14)6-3-9(16)11(15)17-4-6/h1-4H. The first-order valence-electron chi connectivity index (χ1n) is 4.45. The van der Waals surface area contributed by atoms with Gasteiger partial charge in [0.1, 0.15) is 0 Å². The van der Waals surface area contributed by atoms with E-state index >= 15 is 0 Å². The molecule has 2 aromatic rings. The normalized spacial score (nSPS) is 10.6. The molecule has 0 aliphatic heterocycles. The van der Waals surface area contributed by atoms with Gasteiger partial charge < -0.3 is 0 Å². The molecule has 0 amide bonds. The third-order valence-electron chi connectivity index (χ3n) is 2.11. The largest absolute Gasteiger partial charge is 0.227 e. The first-order valence-corrected chi connectivity index (χ1v) is 6.66. The molecule has 0 unspecified atom stereocenters. The Morgan fingerprint density at radius 3 is 2.12 bits per heavy atom. The maximum atomic E-state index is 13.0. The van der Waals surface area contributed by atoms with Crippen LogP contribution in [0.2, 0.25) is 15.1 Å². The number of benzene rings is 1. The molecule has 0 aliphatic rings. The zero-order valence-corrected chi connectivity index (χ0v) is 12.6. The molecule has 0 saturated heterocycles. The zero-order valence-electron chi connectivity index (χ0n) is 8.15. The first-order chi connectivity index (χ1) is 7.99. The van der Waals surface area contributed by atoms with Gasteiger partial charge in [-0.3, -0.25) is 0 Å². The van der Waals surface area contributed by atoms with Gasteiger partial charge in [0.2, 0.25) is 5.95 Å². The molecule has 0 radical (unpaired) electrons. The summed E-state index contributed by atoms with van der Waals surface area (Å²) in [4.78, 5) is 3.64. The van der Waals surface area contributed by atoms with Crippen LogP contribution < -0.4 is 0 Å². The van der Waals surface area contributed by atoms with Gasteiger partial charge in [-0.15, -0.1) is 0 Å². The van der Waals surface area contributed by atoms with Crippen LogP contribution in [0.1, 0.15) is 0 Å². The van der Waals surface area contributed by atoms with Crippen molar-refractivity contribution >= 4 is 57.4 Å². The summed E-state index contributed by atoms with van der Waals surface area (Å²) in [6, 6.07) is 5.00. The van der Waals surface area contributed by atoms with Crippen LogP contribution in [-0.4, -0.2) is 4.98 Å². The number of aromatic nitrogens is 1. The van der Waals surface area contributed by atoms with Gasteiger partial charge >= 0.3 is 0 Å². The van der Waals surface area contributed by atoms with Crippen LogP contribution in [0.25, 0.3) is 11.1 Å². The van der Waals surface area contributed by atoms with E-state index < -0.39 is 5.95 Å². The smallest absolute Gasteiger partial charge is 0.226 e. The van der Waals surface area contributed by atoms with E-state index in [0.29, 0.717) is 18.6 Å². The van der Waals surface area contributed by atoms with Crippen LogP contribution in [0, 0.1) is 9.52 Å². The first kappa shape index (κ1) is 13.3. The zero-order chi connectivity index (χ0) is 12.6. The molecule has 17 heavy (non-hydrogen) atoms. The summed E-state index contributed by atoms with van der Waals surface area (Å²) >= 11 is 19.6. The molecule has 1 aromatic heterocycles. The highest BCUT2D eigenvalue weighted by molar-refractivity contribution is 14.1. The van der Waals surface area contributed by atoms with Crippen molar-refractivity contribution in [3.63, 3.8) is 0 Å². The Morgan fingerprint density at radius 2 is 1.59 bits per heavy atom. The number of halogens is 5. The second-order valence-electron chi connectivity index (χ2n) is 3.25. The number of rotatable bonds is 1. The Hall–Kier alpha value is -0.100. The van der Waals surface area contributed by atoms with E-state index in [-0.39, 0.29) is 0 Å². The predicted molar refractivity (Wildman–Crippen MR) is 77.4 cm³/mol. The van der Waals surface area contributed by atoms with Crippen molar-refractivity contribution in [3.8, 4) is 11.1 Å². The van der Waals surface area contributed by atoms with Gasteiger partial charge in [0.15, 0.2) is 0 Å². The van der Waals surface area contributed by atoms with Gasteiger partial charge in [0.25, 0.3) is 0 Å². The topological polar surface area (TPSA) is 12.9 Å². The molecule has 1 heterocycles. The highest BCUT2D eigenvalue weighted by Crippen LogP contribution is 2.35. The molecule has 0 spiro atoms. The molecule has 6 heteroatoms. The van der Waals surface area contributed by atoms with E-state index in [1.165, 1.54) is 6.20 Å². The van der Waals surface area contributed by atoms with Crippen molar-refractivity contribution < 1.29 is 4.39 Å². The van der Waals surface area contributed by atoms with Gasteiger partial charge in [0, 0.05) is 11.8 Å².